The van der Waals surface area contributed by atoms with E-state index in [0.29, 0.717) is 5.41 Å². The second-order valence-electron chi connectivity index (χ2n) is 3.41. The first-order valence-corrected chi connectivity index (χ1v) is 4.13. The molecule has 1 aliphatic carbocycles. The van der Waals surface area contributed by atoms with Gasteiger partial charge < -0.3 is 5.32 Å². The second kappa shape index (κ2) is 2.39. The molecule has 2 rings (SSSR count). The summed E-state index contributed by atoms with van der Waals surface area (Å²) in [5.74, 6) is 0. The van der Waals surface area contributed by atoms with Gasteiger partial charge in [0, 0.05) is 0 Å². The molecule has 0 aromatic carbocycles. The molecule has 2 aliphatic rings. The van der Waals surface area contributed by atoms with Crippen molar-refractivity contribution in [1.29, 1.82) is 0 Å². The third kappa shape index (κ3) is 0.988. The summed E-state index contributed by atoms with van der Waals surface area (Å²) < 4.78 is 0. The zero-order valence-electron chi connectivity index (χ0n) is 6.27. The maximum absolute atomic E-state index is 3.39. The van der Waals surface area contributed by atoms with Crippen molar-refractivity contribution in [1.82, 2.24) is 5.32 Å². The molecule has 1 saturated heterocycles. The molecule has 0 amide bonds. The summed E-state index contributed by atoms with van der Waals surface area (Å²) in [6.07, 6.45) is 10.9. The molecule has 0 bridgehead atoms. The summed E-state index contributed by atoms with van der Waals surface area (Å²) >= 11 is 0. The Balaban J connectivity index is 2.00. The van der Waals surface area contributed by atoms with Gasteiger partial charge in [-0.25, -0.2) is 0 Å². The van der Waals surface area contributed by atoms with E-state index in [9.17, 15) is 0 Å². The number of rotatable bonds is 0. The maximum atomic E-state index is 3.39. The Kier molecular flexibility index (Phi) is 1.53. The molecule has 1 nitrogen and oxygen atoms in total. The van der Waals surface area contributed by atoms with E-state index in [1.54, 1.807) is 0 Å². The molecule has 10 heavy (non-hydrogen) atoms. The highest BCUT2D eigenvalue weighted by Gasteiger charge is 2.32. The number of piperidine rings is 1. The summed E-state index contributed by atoms with van der Waals surface area (Å²) in [6.45, 7) is 2.41. The van der Waals surface area contributed by atoms with Gasteiger partial charge in [-0.1, -0.05) is 12.2 Å². The van der Waals surface area contributed by atoms with E-state index in [-0.39, 0.29) is 0 Å². The van der Waals surface area contributed by atoms with Gasteiger partial charge in [0.25, 0.3) is 0 Å². The topological polar surface area (TPSA) is 12.0 Å². The van der Waals surface area contributed by atoms with Crippen LogP contribution in [0.2, 0.25) is 0 Å². The molecule has 1 heterocycles. The first-order chi connectivity index (χ1) is 4.91. The standard InChI is InChI=1S/C9H14N/c1-2-4-9(3-1)5-7-10-8-6-9/h1-3,10H,4-8H2. The molecule has 55 valence electrons. The summed E-state index contributed by atoms with van der Waals surface area (Å²) in [6, 6.07) is 0. The van der Waals surface area contributed by atoms with E-state index in [2.05, 4.69) is 23.9 Å². The van der Waals surface area contributed by atoms with Crippen LogP contribution in [0, 0.1) is 11.8 Å². The fourth-order valence-corrected chi connectivity index (χ4v) is 1.94. The van der Waals surface area contributed by atoms with Crippen LogP contribution in [0.5, 0.6) is 0 Å². The van der Waals surface area contributed by atoms with Crippen molar-refractivity contribution < 1.29 is 0 Å². The summed E-state index contributed by atoms with van der Waals surface area (Å²) in [7, 11) is 0. The lowest BCUT2D eigenvalue weighted by Gasteiger charge is -2.33. The molecule has 1 N–H and O–H groups in total. The van der Waals surface area contributed by atoms with Gasteiger partial charge in [0.05, 0.1) is 0 Å². The maximum Gasteiger partial charge on any atom is -0.00433 e. The Morgan fingerprint density at radius 2 is 2.00 bits per heavy atom. The molecular formula is C9H14N. The molecular weight excluding hydrogens is 122 g/mol. The number of nitrogens with one attached hydrogen (secondary N) is 1. The highest BCUT2D eigenvalue weighted by Crippen LogP contribution is 2.39. The van der Waals surface area contributed by atoms with E-state index in [4.69, 9.17) is 0 Å². The molecule has 0 unspecified atom stereocenters. The average Bonchev–Trinajstić information content (AvgIpc) is 2.39. The monoisotopic (exact) mass is 136 g/mol. The minimum Gasteiger partial charge on any atom is -0.317 e. The molecule has 1 spiro atoms. The lowest BCUT2D eigenvalue weighted by molar-refractivity contribution is 0.266. The molecule has 1 fully saturated rings. The SMILES string of the molecule is [CH]1C=CCC12CCNCC2. The highest BCUT2D eigenvalue weighted by molar-refractivity contribution is 5.16. The zero-order valence-corrected chi connectivity index (χ0v) is 6.27. The van der Waals surface area contributed by atoms with E-state index < -0.39 is 0 Å². The van der Waals surface area contributed by atoms with Crippen molar-refractivity contribution in [3.8, 4) is 0 Å². The van der Waals surface area contributed by atoms with Gasteiger partial charge in [-0.05, 0) is 44.2 Å². The predicted molar refractivity (Wildman–Crippen MR) is 42.6 cm³/mol. The van der Waals surface area contributed by atoms with Gasteiger partial charge in [0.1, 0.15) is 0 Å². The van der Waals surface area contributed by atoms with Crippen LogP contribution in [0.15, 0.2) is 12.2 Å². The van der Waals surface area contributed by atoms with Gasteiger partial charge in [0.2, 0.25) is 0 Å². The second-order valence-corrected chi connectivity index (χ2v) is 3.41. The first kappa shape index (κ1) is 6.41. The molecule has 0 saturated carbocycles. The predicted octanol–water partition coefficient (Wildman–Crippen LogP) is 1.52. The molecule has 1 aliphatic heterocycles. The van der Waals surface area contributed by atoms with Crippen LogP contribution >= 0.6 is 0 Å². The van der Waals surface area contributed by atoms with Gasteiger partial charge in [0.15, 0.2) is 0 Å². The largest absolute Gasteiger partial charge is 0.317 e. The quantitative estimate of drug-likeness (QED) is 0.532. The Bertz CT molecular complexity index is 133. The van der Waals surface area contributed by atoms with Crippen LogP contribution in [0.1, 0.15) is 19.3 Å². The van der Waals surface area contributed by atoms with Gasteiger partial charge >= 0.3 is 0 Å². The lowest BCUT2D eigenvalue weighted by Crippen LogP contribution is -2.35. The first-order valence-electron chi connectivity index (χ1n) is 4.13. The minimum atomic E-state index is 0.575. The molecule has 1 heteroatoms. The van der Waals surface area contributed by atoms with Crippen LogP contribution in [-0.2, 0) is 0 Å². The van der Waals surface area contributed by atoms with E-state index in [1.165, 1.54) is 32.4 Å². The smallest absolute Gasteiger partial charge is 0.00433 e. The third-order valence-electron chi connectivity index (χ3n) is 2.71. The van der Waals surface area contributed by atoms with Gasteiger partial charge in [-0.15, -0.1) is 0 Å². The molecule has 0 aromatic rings. The number of hydrogen-bond acceptors (Lipinski definition) is 1. The average molecular weight is 136 g/mol. The van der Waals surface area contributed by atoms with Gasteiger partial charge in [-0.3, -0.25) is 0 Å². The van der Waals surface area contributed by atoms with Crippen molar-refractivity contribution in [2.45, 2.75) is 19.3 Å². The Hall–Kier alpha value is -0.300. The Morgan fingerprint density at radius 3 is 2.60 bits per heavy atom. The summed E-state index contributed by atoms with van der Waals surface area (Å²) in [5.41, 5.74) is 0.575. The number of hydrogen-bond donors (Lipinski definition) is 1. The van der Waals surface area contributed by atoms with Crippen molar-refractivity contribution in [2.75, 3.05) is 13.1 Å². The Labute approximate surface area is 62.5 Å². The van der Waals surface area contributed by atoms with Crippen LogP contribution in [0.25, 0.3) is 0 Å². The van der Waals surface area contributed by atoms with Crippen LogP contribution < -0.4 is 5.32 Å². The fraction of sp³-hybridized carbons (Fsp3) is 0.667. The van der Waals surface area contributed by atoms with Crippen molar-refractivity contribution in [2.24, 2.45) is 5.41 Å². The molecule has 0 aromatic heterocycles. The number of allylic oxidation sites excluding steroid dienone is 2. The Morgan fingerprint density at radius 1 is 1.20 bits per heavy atom. The summed E-state index contributed by atoms with van der Waals surface area (Å²) in [5, 5.41) is 3.39. The lowest BCUT2D eigenvalue weighted by atomic mass is 9.77. The van der Waals surface area contributed by atoms with E-state index in [0.717, 1.165) is 0 Å². The third-order valence-corrected chi connectivity index (χ3v) is 2.71. The fourth-order valence-electron chi connectivity index (χ4n) is 1.94. The van der Waals surface area contributed by atoms with Crippen LogP contribution in [-0.4, -0.2) is 13.1 Å². The summed E-state index contributed by atoms with van der Waals surface area (Å²) in [4.78, 5) is 0. The van der Waals surface area contributed by atoms with Crippen molar-refractivity contribution in [3.63, 3.8) is 0 Å². The normalized spacial score (nSPS) is 29.6. The molecule has 0 atom stereocenters. The van der Waals surface area contributed by atoms with Crippen molar-refractivity contribution in [3.05, 3.63) is 18.6 Å². The van der Waals surface area contributed by atoms with Crippen LogP contribution in [0.3, 0.4) is 0 Å². The highest BCUT2D eigenvalue weighted by atomic mass is 14.9. The van der Waals surface area contributed by atoms with Crippen LogP contribution in [0.4, 0.5) is 0 Å². The van der Waals surface area contributed by atoms with Crippen molar-refractivity contribution >= 4 is 0 Å². The molecule has 1 radical (unpaired) electrons. The van der Waals surface area contributed by atoms with Gasteiger partial charge in [-0.2, -0.15) is 0 Å². The zero-order chi connectivity index (χ0) is 6.86. The van der Waals surface area contributed by atoms with E-state index >= 15 is 0 Å². The minimum absolute atomic E-state index is 0.575. The van der Waals surface area contributed by atoms with E-state index in [1.807, 2.05) is 0 Å².